The van der Waals surface area contributed by atoms with Crippen LogP contribution in [0.15, 0.2) is 18.2 Å². The van der Waals surface area contributed by atoms with E-state index in [1.807, 2.05) is 18.2 Å². The fourth-order valence-corrected chi connectivity index (χ4v) is 5.62. The van der Waals surface area contributed by atoms with Gasteiger partial charge < -0.3 is 19.0 Å². The van der Waals surface area contributed by atoms with Crippen LogP contribution in [0.25, 0.3) is 0 Å². The van der Waals surface area contributed by atoms with Gasteiger partial charge in [-0.2, -0.15) is 0 Å². The molecule has 0 amide bonds. The number of epoxide rings is 1. The van der Waals surface area contributed by atoms with Crippen molar-refractivity contribution in [2.75, 3.05) is 7.11 Å². The molecule has 3 atom stereocenters. The molecule has 0 bridgehead atoms. The molecule has 1 aromatic rings. The second kappa shape index (κ2) is 7.30. The van der Waals surface area contributed by atoms with Crippen molar-refractivity contribution < 1.29 is 19.0 Å². The number of ether oxygens (including phenoxy) is 2. The molecular weight excluding hydrogens is 360 g/mol. The number of rotatable bonds is 7. The molecule has 1 saturated heterocycles. The van der Waals surface area contributed by atoms with Gasteiger partial charge in [-0.05, 0) is 35.8 Å². The number of hydrogen-bond donors (Lipinski definition) is 1. The van der Waals surface area contributed by atoms with E-state index in [1.165, 1.54) is 0 Å². The number of aliphatic hydroxyl groups is 1. The summed E-state index contributed by atoms with van der Waals surface area (Å²) in [6, 6.07) is 5.99. The van der Waals surface area contributed by atoms with Gasteiger partial charge in [0.05, 0.1) is 27.0 Å². The topological polar surface area (TPSA) is 51.2 Å². The minimum Gasteiger partial charge on any atom is -0.541 e. The lowest BCUT2D eigenvalue weighted by Crippen LogP contribution is -2.43. The Labute approximate surface area is 161 Å². The van der Waals surface area contributed by atoms with Crippen LogP contribution >= 0.6 is 0 Å². The van der Waals surface area contributed by atoms with Crippen molar-refractivity contribution in [1.82, 2.24) is 0 Å². The molecule has 2 rings (SSSR count). The summed E-state index contributed by atoms with van der Waals surface area (Å²) in [5, 5.41) is 10.7. The van der Waals surface area contributed by atoms with Crippen LogP contribution in [0.1, 0.15) is 26.3 Å². The molecule has 4 nitrogen and oxygen atoms in total. The monoisotopic (exact) mass is 396 g/mol. The molecular formula is C20H36O4Si2. The SMILES string of the molecule is COc1cc(C[C@@H](O)[C@H]2O[C@@H]2[Si](C)(C)C)ccc1O[Si](C)(C)C(C)(C)C. The first kappa shape index (κ1) is 21.5. The Kier molecular flexibility index (Phi) is 6.03. The Bertz CT molecular complexity index is 632. The third-order valence-corrected chi connectivity index (χ3v) is 12.1. The molecule has 0 aromatic heterocycles. The third kappa shape index (κ3) is 4.91. The van der Waals surface area contributed by atoms with Crippen LogP contribution < -0.4 is 9.16 Å². The summed E-state index contributed by atoms with van der Waals surface area (Å²) in [5.74, 6) is 1.53. The highest BCUT2D eigenvalue weighted by Crippen LogP contribution is 2.40. The Morgan fingerprint density at radius 2 is 1.73 bits per heavy atom. The van der Waals surface area contributed by atoms with E-state index in [-0.39, 0.29) is 16.9 Å². The number of methoxy groups -OCH3 is 1. The third-order valence-electron chi connectivity index (χ3n) is 5.60. The predicted molar refractivity (Wildman–Crippen MR) is 113 cm³/mol. The van der Waals surface area contributed by atoms with Crippen molar-refractivity contribution >= 4 is 16.4 Å². The molecule has 0 spiro atoms. The molecule has 1 aromatic carbocycles. The fourth-order valence-electron chi connectivity index (χ4n) is 2.82. The zero-order valence-corrected chi connectivity index (χ0v) is 19.8. The van der Waals surface area contributed by atoms with E-state index < -0.39 is 22.5 Å². The molecule has 26 heavy (non-hydrogen) atoms. The van der Waals surface area contributed by atoms with E-state index in [0.29, 0.717) is 6.42 Å². The van der Waals surface area contributed by atoms with Crippen LogP contribution in [0, 0.1) is 0 Å². The van der Waals surface area contributed by atoms with Gasteiger partial charge in [0.1, 0.15) is 11.9 Å². The van der Waals surface area contributed by atoms with Gasteiger partial charge in [-0.15, -0.1) is 0 Å². The molecule has 1 heterocycles. The minimum atomic E-state index is -1.93. The van der Waals surface area contributed by atoms with Gasteiger partial charge in [0.2, 0.25) is 0 Å². The van der Waals surface area contributed by atoms with Crippen molar-refractivity contribution in [2.24, 2.45) is 0 Å². The van der Waals surface area contributed by atoms with Gasteiger partial charge >= 0.3 is 0 Å². The molecule has 148 valence electrons. The molecule has 0 saturated carbocycles. The summed E-state index contributed by atoms with van der Waals surface area (Å²) in [4.78, 5) is 0. The highest BCUT2D eigenvalue weighted by molar-refractivity contribution is 6.78. The Balaban J connectivity index is 2.09. The van der Waals surface area contributed by atoms with Gasteiger partial charge in [0, 0.05) is 6.42 Å². The van der Waals surface area contributed by atoms with Gasteiger partial charge in [-0.3, -0.25) is 0 Å². The summed E-state index contributed by atoms with van der Waals surface area (Å²) in [7, 11) is -1.62. The van der Waals surface area contributed by atoms with Gasteiger partial charge in [-0.1, -0.05) is 46.5 Å². The number of hydrogen-bond acceptors (Lipinski definition) is 4. The van der Waals surface area contributed by atoms with Crippen LogP contribution in [0.3, 0.4) is 0 Å². The van der Waals surface area contributed by atoms with Crippen molar-refractivity contribution in [3.05, 3.63) is 23.8 Å². The molecule has 6 heteroatoms. The molecule has 0 radical (unpaired) electrons. The first-order chi connectivity index (χ1) is 11.8. The molecule has 1 aliphatic heterocycles. The lowest BCUT2D eigenvalue weighted by atomic mass is 10.1. The Morgan fingerprint density at radius 3 is 2.19 bits per heavy atom. The average Bonchev–Trinajstić information content (AvgIpc) is 3.27. The van der Waals surface area contributed by atoms with Crippen LogP contribution in [0.5, 0.6) is 11.5 Å². The minimum absolute atomic E-state index is 0.0178. The predicted octanol–water partition coefficient (Wildman–Crippen LogP) is 4.63. The maximum Gasteiger partial charge on any atom is 0.250 e. The van der Waals surface area contributed by atoms with E-state index in [9.17, 15) is 5.11 Å². The van der Waals surface area contributed by atoms with E-state index >= 15 is 0 Å². The lowest BCUT2D eigenvalue weighted by molar-refractivity contribution is 0.135. The molecule has 1 fully saturated rings. The maximum absolute atomic E-state index is 10.5. The second-order valence-electron chi connectivity index (χ2n) is 10.0. The standard InChI is InChI=1S/C20H36O4Si2/c1-20(2,3)26(8,9)24-16-11-10-14(13-17(16)22-4)12-15(21)18-19(23-18)25(5,6)7/h10-11,13,15,18-19,21H,12H2,1-9H3/t15-,18-,19-/m1/s1. The molecule has 1 aliphatic rings. The Morgan fingerprint density at radius 1 is 1.12 bits per heavy atom. The highest BCUT2D eigenvalue weighted by Gasteiger charge is 2.51. The van der Waals surface area contributed by atoms with Crippen molar-refractivity contribution in [3.63, 3.8) is 0 Å². The van der Waals surface area contributed by atoms with Crippen molar-refractivity contribution in [2.45, 2.75) is 82.9 Å². The second-order valence-corrected chi connectivity index (χ2v) is 20.0. The fraction of sp³-hybridized carbons (Fsp3) is 0.700. The van der Waals surface area contributed by atoms with E-state index in [1.54, 1.807) is 7.11 Å². The van der Waals surface area contributed by atoms with Gasteiger partial charge in [-0.25, -0.2) is 0 Å². The summed E-state index contributed by atoms with van der Waals surface area (Å²) < 4.78 is 17.7. The largest absolute Gasteiger partial charge is 0.541 e. The molecule has 0 aliphatic carbocycles. The number of aliphatic hydroxyl groups excluding tert-OH is 1. The summed E-state index contributed by atoms with van der Waals surface area (Å²) >= 11 is 0. The van der Waals surface area contributed by atoms with Crippen LogP contribution in [-0.2, 0) is 11.2 Å². The van der Waals surface area contributed by atoms with Crippen LogP contribution in [0.4, 0.5) is 0 Å². The van der Waals surface area contributed by atoms with E-state index in [0.717, 1.165) is 17.1 Å². The van der Waals surface area contributed by atoms with Gasteiger partial charge in [0.15, 0.2) is 5.75 Å². The van der Waals surface area contributed by atoms with Crippen LogP contribution in [0.2, 0.25) is 37.8 Å². The highest BCUT2D eigenvalue weighted by atomic mass is 28.4. The molecule has 1 N–H and O–H groups in total. The normalized spacial score (nSPS) is 22.1. The average molecular weight is 397 g/mol. The van der Waals surface area contributed by atoms with E-state index in [2.05, 4.69) is 53.5 Å². The van der Waals surface area contributed by atoms with Crippen molar-refractivity contribution in [3.8, 4) is 11.5 Å². The first-order valence-electron chi connectivity index (χ1n) is 9.46. The lowest BCUT2D eigenvalue weighted by Gasteiger charge is -2.36. The smallest absolute Gasteiger partial charge is 0.250 e. The van der Waals surface area contributed by atoms with Gasteiger partial charge in [0.25, 0.3) is 8.32 Å². The summed E-state index contributed by atoms with van der Waals surface area (Å²) in [6.07, 6.45) is 0.0851. The van der Waals surface area contributed by atoms with Crippen LogP contribution in [-0.4, -0.2) is 46.5 Å². The zero-order valence-electron chi connectivity index (χ0n) is 17.8. The maximum atomic E-state index is 10.5. The summed E-state index contributed by atoms with van der Waals surface area (Å²) in [6.45, 7) is 18.0. The first-order valence-corrected chi connectivity index (χ1v) is 15.9. The quantitative estimate of drug-likeness (QED) is 0.539. The Hall–Kier alpha value is -0.826. The molecule has 0 unspecified atom stereocenters. The summed E-state index contributed by atoms with van der Waals surface area (Å²) in [5.41, 5.74) is 1.31. The zero-order chi connectivity index (χ0) is 19.9. The van der Waals surface area contributed by atoms with Crippen molar-refractivity contribution in [1.29, 1.82) is 0 Å². The van der Waals surface area contributed by atoms with E-state index in [4.69, 9.17) is 13.9 Å². The number of benzene rings is 1.